The second kappa shape index (κ2) is 5.00. The average molecular weight is 265 g/mol. The Labute approximate surface area is 108 Å². The number of nitrogens with one attached hydrogen (secondary N) is 1. The highest BCUT2D eigenvalue weighted by molar-refractivity contribution is 6.43. The SMILES string of the molecule is N#Cc1cc(Nc2cccc(Cl)c2Cl)ncn1. The molecule has 2 aromatic rings. The molecule has 84 valence electrons. The molecule has 17 heavy (non-hydrogen) atoms. The smallest absolute Gasteiger partial charge is 0.145 e. The zero-order chi connectivity index (χ0) is 12.3. The van der Waals surface area contributed by atoms with Gasteiger partial charge in [-0.05, 0) is 12.1 Å². The van der Waals surface area contributed by atoms with Crippen LogP contribution in [-0.4, -0.2) is 9.97 Å². The number of anilines is 2. The predicted molar refractivity (Wildman–Crippen MR) is 66.5 cm³/mol. The van der Waals surface area contributed by atoms with Crippen LogP contribution >= 0.6 is 23.2 Å². The number of nitrogens with zero attached hydrogens (tertiary/aromatic N) is 3. The van der Waals surface area contributed by atoms with Crippen molar-refractivity contribution in [3.63, 3.8) is 0 Å². The third-order valence-corrected chi connectivity index (χ3v) is 2.81. The van der Waals surface area contributed by atoms with Crippen molar-refractivity contribution in [2.24, 2.45) is 0 Å². The van der Waals surface area contributed by atoms with Crippen molar-refractivity contribution in [1.29, 1.82) is 5.26 Å². The van der Waals surface area contributed by atoms with Crippen molar-refractivity contribution >= 4 is 34.7 Å². The highest BCUT2D eigenvalue weighted by Gasteiger charge is 2.05. The van der Waals surface area contributed by atoms with E-state index in [1.54, 1.807) is 18.2 Å². The Morgan fingerprint density at radius 3 is 2.82 bits per heavy atom. The van der Waals surface area contributed by atoms with E-state index < -0.39 is 0 Å². The Hall–Kier alpha value is -1.83. The van der Waals surface area contributed by atoms with Crippen molar-refractivity contribution < 1.29 is 0 Å². The molecule has 0 saturated carbocycles. The molecule has 0 radical (unpaired) electrons. The first-order valence-electron chi connectivity index (χ1n) is 4.64. The van der Waals surface area contributed by atoms with E-state index in [0.717, 1.165) is 0 Å². The topological polar surface area (TPSA) is 61.6 Å². The molecule has 1 aromatic carbocycles. The highest BCUT2D eigenvalue weighted by Crippen LogP contribution is 2.31. The second-order valence-electron chi connectivity index (χ2n) is 3.13. The van der Waals surface area contributed by atoms with E-state index in [4.69, 9.17) is 28.5 Å². The minimum atomic E-state index is 0.278. The van der Waals surface area contributed by atoms with Crippen molar-refractivity contribution in [3.8, 4) is 6.07 Å². The fraction of sp³-hybridized carbons (Fsp3) is 0. The number of aromatic nitrogens is 2. The van der Waals surface area contributed by atoms with Crippen molar-refractivity contribution in [2.45, 2.75) is 0 Å². The summed E-state index contributed by atoms with van der Waals surface area (Å²) >= 11 is 11.9. The van der Waals surface area contributed by atoms with Gasteiger partial charge in [0.05, 0.1) is 15.7 Å². The van der Waals surface area contributed by atoms with E-state index in [-0.39, 0.29) is 5.69 Å². The number of hydrogen-bond acceptors (Lipinski definition) is 4. The van der Waals surface area contributed by atoms with Crippen LogP contribution in [0.2, 0.25) is 10.0 Å². The molecule has 2 rings (SSSR count). The molecule has 0 amide bonds. The Morgan fingerprint density at radius 1 is 1.24 bits per heavy atom. The maximum absolute atomic E-state index is 8.71. The van der Waals surface area contributed by atoms with Crippen LogP contribution in [0, 0.1) is 11.3 Å². The van der Waals surface area contributed by atoms with Gasteiger partial charge >= 0.3 is 0 Å². The van der Waals surface area contributed by atoms with Crippen molar-refractivity contribution in [2.75, 3.05) is 5.32 Å². The highest BCUT2D eigenvalue weighted by atomic mass is 35.5. The molecule has 0 aliphatic heterocycles. The van der Waals surface area contributed by atoms with E-state index in [9.17, 15) is 0 Å². The van der Waals surface area contributed by atoms with E-state index >= 15 is 0 Å². The molecule has 0 saturated heterocycles. The van der Waals surface area contributed by atoms with Gasteiger partial charge in [-0.2, -0.15) is 5.26 Å². The minimum absolute atomic E-state index is 0.278. The quantitative estimate of drug-likeness (QED) is 0.903. The third kappa shape index (κ3) is 2.64. The monoisotopic (exact) mass is 264 g/mol. The van der Waals surface area contributed by atoms with Crippen LogP contribution in [-0.2, 0) is 0 Å². The zero-order valence-electron chi connectivity index (χ0n) is 8.48. The normalized spacial score (nSPS) is 9.71. The first-order valence-corrected chi connectivity index (χ1v) is 5.39. The largest absolute Gasteiger partial charge is 0.339 e. The molecule has 1 heterocycles. The Balaban J connectivity index is 2.32. The Bertz CT molecular complexity index is 592. The summed E-state index contributed by atoms with van der Waals surface area (Å²) in [6.45, 7) is 0. The van der Waals surface area contributed by atoms with Crippen LogP contribution in [0.3, 0.4) is 0 Å². The summed E-state index contributed by atoms with van der Waals surface area (Å²) in [4.78, 5) is 7.75. The van der Waals surface area contributed by atoms with E-state index in [2.05, 4.69) is 15.3 Å². The van der Waals surface area contributed by atoms with Gasteiger partial charge in [-0.1, -0.05) is 29.3 Å². The van der Waals surface area contributed by atoms with Gasteiger partial charge in [0.15, 0.2) is 0 Å². The minimum Gasteiger partial charge on any atom is -0.339 e. The fourth-order valence-corrected chi connectivity index (χ4v) is 1.57. The molecule has 4 nitrogen and oxygen atoms in total. The van der Waals surface area contributed by atoms with E-state index in [0.29, 0.717) is 21.6 Å². The Kier molecular flexibility index (Phi) is 3.43. The second-order valence-corrected chi connectivity index (χ2v) is 3.91. The molecule has 0 atom stereocenters. The summed E-state index contributed by atoms with van der Waals surface area (Å²) < 4.78 is 0. The molecular weight excluding hydrogens is 259 g/mol. The third-order valence-electron chi connectivity index (χ3n) is 2.00. The number of benzene rings is 1. The van der Waals surface area contributed by atoms with Gasteiger partial charge in [0.1, 0.15) is 23.9 Å². The summed E-state index contributed by atoms with van der Waals surface area (Å²) in [6, 6.07) is 8.68. The van der Waals surface area contributed by atoms with Crippen molar-refractivity contribution in [3.05, 3.63) is 46.3 Å². The van der Waals surface area contributed by atoms with Crippen LogP contribution < -0.4 is 5.32 Å². The van der Waals surface area contributed by atoms with Gasteiger partial charge in [0, 0.05) is 6.07 Å². The van der Waals surface area contributed by atoms with Crippen LogP contribution in [0.25, 0.3) is 0 Å². The van der Waals surface area contributed by atoms with Crippen LogP contribution in [0.15, 0.2) is 30.6 Å². The zero-order valence-corrected chi connectivity index (χ0v) is 10.00. The van der Waals surface area contributed by atoms with Gasteiger partial charge in [-0.15, -0.1) is 0 Å². The number of nitriles is 1. The average Bonchev–Trinajstić information content (AvgIpc) is 2.35. The van der Waals surface area contributed by atoms with Gasteiger partial charge in [-0.25, -0.2) is 9.97 Å². The molecule has 0 bridgehead atoms. The maximum Gasteiger partial charge on any atom is 0.145 e. The lowest BCUT2D eigenvalue weighted by atomic mass is 10.3. The van der Waals surface area contributed by atoms with Gasteiger partial charge in [-0.3, -0.25) is 0 Å². The van der Waals surface area contributed by atoms with Gasteiger partial charge < -0.3 is 5.32 Å². The standard InChI is InChI=1S/C11H6Cl2N4/c12-8-2-1-3-9(11(8)13)17-10-4-7(5-14)15-6-16-10/h1-4,6H,(H,15,16,17). The number of rotatable bonds is 2. The molecule has 0 aliphatic carbocycles. The first-order chi connectivity index (χ1) is 8.20. The molecule has 0 spiro atoms. The van der Waals surface area contributed by atoms with Crippen molar-refractivity contribution in [1.82, 2.24) is 9.97 Å². The molecule has 1 aromatic heterocycles. The molecule has 0 fully saturated rings. The lowest BCUT2D eigenvalue weighted by Crippen LogP contribution is -1.96. The predicted octanol–water partition coefficient (Wildman–Crippen LogP) is 3.40. The summed E-state index contributed by atoms with van der Waals surface area (Å²) in [6.07, 6.45) is 1.30. The van der Waals surface area contributed by atoms with Crippen LogP contribution in [0.4, 0.5) is 11.5 Å². The lowest BCUT2D eigenvalue weighted by molar-refractivity contribution is 1.14. The van der Waals surface area contributed by atoms with Crippen LogP contribution in [0.1, 0.15) is 5.69 Å². The fourth-order valence-electron chi connectivity index (χ4n) is 1.23. The van der Waals surface area contributed by atoms with Gasteiger partial charge in [0.2, 0.25) is 0 Å². The van der Waals surface area contributed by atoms with Crippen LogP contribution in [0.5, 0.6) is 0 Å². The molecule has 1 N–H and O–H groups in total. The van der Waals surface area contributed by atoms with E-state index in [1.165, 1.54) is 12.4 Å². The molecule has 0 aliphatic rings. The number of halogens is 2. The molecule has 0 unspecified atom stereocenters. The summed E-state index contributed by atoms with van der Waals surface area (Å²) in [5, 5.41) is 12.5. The lowest BCUT2D eigenvalue weighted by Gasteiger charge is -2.07. The maximum atomic E-state index is 8.71. The summed E-state index contributed by atoms with van der Waals surface area (Å²) in [7, 11) is 0. The first kappa shape index (κ1) is 11.6. The molecular formula is C11H6Cl2N4. The van der Waals surface area contributed by atoms with Gasteiger partial charge in [0.25, 0.3) is 0 Å². The summed E-state index contributed by atoms with van der Waals surface area (Å²) in [5.41, 5.74) is 0.905. The van der Waals surface area contributed by atoms with E-state index in [1.807, 2.05) is 6.07 Å². The number of hydrogen-bond donors (Lipinski definition) is 1. The Morgan fingerprint density at radius 2 is 2.06 bits per heavy atom. The molecule has 6 heteroatoms. The summed E-state index contributed by atoms with van der Waals surface area (Å²) in [5.74, 6) is 0.487.